The number of nitrogens with one attached hydrogen (secondary N) is 1. The van der Waals surface area contributed by atoms with Crippen molar-refractivity contribution in [2.75, 3.05) is 25.0 Å². The minimum Gasteiger partial charge on any atom is -0.325 e. The van der Waals surface area contributed by atoms with Crippen LogP contribution in [-0.4, -0.2) is 30.4 Å². The molecule has 1 amide bonds. The third-order valence-electron chi connectivity index (χ3n) is 3.97. The second-order valence-electron chi connectivity index (χ2n) is 6.51. The van der Waals surface area contributed by atoms with E-state index in [1.807, 2.05) is 19.1 Å². The Morgan fingerprint density at radius 2 is 1.90 bits per heavy atom. The van der Waals surface area contributed by atoms with Crippen LogP contribution in [0.2, 0.25) is 0 Å². The van der Waals surface area contributed by atoms with Crippen molar-refractivity contribution in [3.8, 4) is 0 Å². The lowest BCUT2D eigenvalue weighted by molar-refractivity contribution is -0.117. The summed E-state index contributed by atoms with van der Waals surface area (Å²) in [6.07, 6.45) is 1.27. The molecule has 2 rings (SSSR count). The molecule has 1 N–H and O–H groups in total. The van der Waals surface area contributed by atoms with Crippen molar-refractivity contribution in [3.63, 3.8) is 0 Å². The Labute approximate surface area is 122 Å². The Bertz CT molecular complexity index is 474. The molecule has 3 nitrogen and oxygen atoms in total. The number of hydrogen-bond acceptors (Lipinski definition) is 2. The number of carbonyl (C=O) groups excluding carboxylic acids is 1. The molecule has 1 aliphatic rings. The van der Waals surface area contributed by atoms with Crippen LogP contribution in [0.3, 0.4) is 0 Å². The molecule has 1 aliphatic heterocycles. The van der Waals surface area contributed by atoms with Crippen molar-refractivity contribution >= 4 is 11.6 Å². The average molecular weight is 274 g/mol. The van der Waals surface area contributed by atoms with Gasteiger partial charge in [0.1, 0.15) is 0 Å². The molecule has 0 spiro atoms. The van der Waals surface area contributed by atoms with Crippen LogP contribution in [0.25, 0.3) is 0 Å². The van der Waals surface area contributed by atoms with E-state index in [0.717, 1.165) is 24.3 Å². The summed E-state index contributed by atoms with van der Waals surface area (Å²) in [6.45, 7) is 11.2. The zero-order chi connectivity index (χ0) is 14.7. The van der Waals surface area contributed by atoms with Gasteiger partial charge in [0.25, 0.3) is 0 Å². The van der Waals surface area contributed by atoms with Crippen LogP contribution < -0.4 is 5.32 Å². The molecule has 0 aromatic heterocycles. The maximum Gasteiger partial charge on any atom is 0.238 e. The summed E-state index contributed by atoms with van der Waals surface area (Å²) in [5.74, 6) is 1.47. The Morgan fingerprint density at radius 1 is 1.25 bits per heavy atom. The van der Waals surface area contributed by atoms with E-state index in [2.05, 4.69) is 37.1 Å². The van der Waals surface area contributed by atoms with Gasteiger partial charge in [-0.2, -0.15) is 0 Å². The summed E-state index contributed by atoms with van der Waals surface area (Å²) >= 11 is 0. The van der Waals surface area contributed by atoms with Crippen molar-refractivity contribution in [3.05, 3.63) is 29.3 Å². The quantitative estimate of drug-likeness (QED) is 0.918. The molecule has 0 unspecified atom stereocenters. The van der Waals surface area contributed by atoms with Crippen LogP contribution in [0.4, 0.5) is 5.69 Å². The van der Waals surface area contributed by atoms with Gasteiger partial charge in [0.05, 0.1) is 6.54 Å². The summed E-state index contributed by atoms with van der Waals surface area (Å²) < 4.78 is 0. The lowest BCUT2D eigenvalue weighted by atomic mass is 9.92. The van der Waals surface area contributed by atoms with Crippen LogP contribution >= 0.6 is 0 Å². The summed E-state index contributed by atoms with van der Waals surface area (Å²) in [4.78, 5) is 14.5. The van der Waals surface area contributed by atoms with Crippen molar-refractivity contribution in [1.82, 2.24) is 4.90 Å². The molecule has 1 aromatic carbocycles. The fourth-order valence-corrected chi connectivity index (χ4v) is 3.27. The number of hydrogen-bond donors (Lipinski definition) is 1. The molecule has 3 heteroatoms. The van der Waals surface area contributed by atoms with Crippen molar-refractivity contribution in [1.29, 1.82) is 0 Å². The van der Waals surface area contributed by atoms with Crippen LogP contribution in [0.15, 0.2) is 18.2 Å². The van der Waals surface area contributed by atoms with E-state index in [4.69, 9.17) is 0 Å². The van der Waals surface area contributed by atoms with Gasteiger partial charge in [0.15, 0.2) is 0 Å². The zero-order valence-electron chi connectivity index (χ0n) is 13.1. The van der Waals surface area contributed by atoms with Gasteiger partial charge in [-0.25, -0.2) is 0 Å². The molecular weight excluding hydrogens is 248 g/mol. The number of aryl methyl sites for hydroxylation is 2. The Morgan fingerprint density at radius 3 is 2.50 bits per heavy atom. The van der Waals surface area contributed by atoms with Gasteiger partial charge < -0.3 is 5.32 Å². The average Bonchev–Trinajstić information content (AvgIpc) is 2.31. The summed E-state index contributed by atoms with van der Waals surface area (Å²) in [7, 11) is 0. The largest absolute Gasteiger partial charge is 0.325 e. The first kappa shape index (κ1) is 15.0. The van der Waals surface area contributed by atoms with Gasteiger partial charge in [-0.1, -0.05) is 31.5 Å². The molecule has 2 atom stereocenters. The second kappa shape index (κ2) is 6.40. The van der Waals surface area contributed by atoms with E-state index in [0.29, 0.717) is 18.4 Å². The number of carbonyl (C=O) groups is 1. The highest BCUT2D eigenvalue weighted by molar-refractivity contribution is 5.93. The molecule has 0 saturated carbocycles. The number of nitrogens with zero attached hydrogens (tertiary/aromatic N) is 1. The number of benzene rings is 1. The highest BCUT2D eigenvalue weighted by Crippen LogP contribution is 2.21. The monoisotopic (exact) mass is 274 g/mol. The summed E-state index contributed by atoms with van der Waals surface area (Å²) in [5, 5.41) is 3.03. The minimum absolute atomic E-state index is 0.0956. The van der Waals surface area contributed by atoms with Gasteiger partial charge in [0, 0.05) is 18.8 Å². The van der Waals surface area contributed by atoms with E-state index in [1.54, 1.807) is 0 Å². The Kier molecular flexibility index (Phi) is 4.81. The smallest absolute Gasteiger partial charge is 0.238 e. The van der Waals surface area contributed by atoms with E-state index in [9.17, 15) is 4.79 Å². The number of piperidine rings is 1. The molecule has 1 saturated heterocycles. The maximum absolute atomic E-state index is 12.2. The van der Waals surface area contributed by atoms with E-state index in [-0.39, 0.29) is 5.91 Å². The second-order valence-corrected chi connectivity index (χ2v) is 6.51. The van der Waals surface area contributed by atoms with Gasteiger partial charge in [0.2, 0.25) is 5.91 Å². The fraction of sp³-hybridized carbons (Fsp3) is 0.588. The van der Waals surface area contributed by atoms with E-state index >= 15 is 0 Å². The van der Waals surface area contributed by atoms with E-state index < -0.39 is 0 Å². The molecule has 110 valence electrons. The highest BCUT2D eigenvalue weighted by atomic mass is 16.2. The van der Waals surface area contributed by atoms with Gasteiger partial charge in [-0.15, -0.1) is 0 Å². The first-order valence-electron chi connectivity index (χ1n) is 7.53. The number of rotatable bonds is 3. The number of anilines is 1. The van der Waals surface area contributed by atoms with Crippen molar-refractivity contribution in [2.45, 2.75) is 34.1 Å². The number of likely N-dealkylation sites (tertiary alicyclic amines) is 1. The summed E-state index contributed by atoms with van der Waals surface area (Å²) in [6, 6.07) is 6.12. The van der Waals surface area contributed by atoms with Crippen molar-refractivity contribution < 1.29 is 4.79 Å². The normalized spacial score (nSPS) is 23.6. The number of amides is 1. The SMILES string of the molecule is Cc1ccc(NC(=O)CN2C[C@@H](C)C[C@H](C)C2)c(C)c1. The van der Waals surface area contributed by atoms with E-state index in [1.165, 1.54) is 12.0 Å². The van der Waals surface area contributed by atoms with Gasteiger partial charge in [-0.3, -0.25) is 9.69 Å². The van der Waals surface area contributed by atoms with Gasteiger partial charge >= 0.3 is 0 Å². The summed E-state index contributed by atoms with van der Waals surface area (Å²) in [5.41, 5.74) is 3.27. The molecule has 1 aromatic rings. The van der Waals surface area contributed by atoms with Crippen LogP contribution in [0, 0.1) is 25.7 Å². The fourth-order valence-electron chi connectivity index (χ4n) is 3.27. The molecule has 0 bridgehead atoms. The molecule has 1 fully saturated rings. The molecule has 0 radical (unpaired) electrons. The molecule has 0 aliphatic carbocycles. The lowest BCUT2D eigenvalue weighted by Crippen LogP contribution is -2.42. The first-order chi connectivity index (χ1) is 9.44. The predicted molar refractivity (Wildman–Crippen MR) is 83.9 cm³/mol. The minimum atomic E-state index is 0.0956. The first-order valence-corrected chi connectivity index (χ1v) is 7.53. The van der Waals surface area contributed by atoms with Crippen LogP contribution in [0.5, 0.6) is 0 Å². The third kappa shape index (κ3) is 4.07. The van der Waals surface area contributed by atoms with Crippen LogP contribution in [-0.2, 0) is 4.79 Å². The predicted octanol–water partition coefficient (Wildman–Crippen LogP) is 3.22. The molecular formula is C17H26N2O. The Balaban J connectivity index is 1.92. The standard InChI is InChI=1S/C17H26N2O/c1-12-5-6-16(15(4)8-12)18-17(20)11-19-9-13(2)7-14(3)10-19/h5-6,8,13-14H,7,9-11H2,1-4H3,(H,18,20)/t13-,14-/m0/s1. The topological polar surface area (TPSA) is 32.3 Å². The van der Waals surface area contributed by atoms with Gasteiger partial charge in [-0.05, 0) is 43.7 Å². The zero-order valence-corrected chi connectivity index (χ0v) is 13.1. The van der Waals surface area contributed by atoms with Crippen molar-refractivity contribution in [2.24, 2.45) is 11.8 Å². The highest BCUT2D eigenvalue weighted by Gasteiger charge is 2.23. The third-order valence-corrected chi connectivity index (χ3v) is 3.97. The maximum atomic E-state index is 12.2. The Hall–Kier alpha value is -1.35. The van der Waals surface area contributed by atoms with Crippen LogP contribution in [0.1, 0.15) is 31.4 Å². The molecule has 1 heterocycles. The molecule has 20 heavy (non-hydrogen) atoms. The lowest BCUT2D eigenvalue weighted by Gasteiger charge is -2.34.